The maximum Gasteiger partial charge on any atom is 0.254 e. The first-order valence-electron chi connectivity index (χ1n) is 5.34. The van der Waals surface area contributed by atoms with Gasteiger partial charge >= 0.3 is 0 Å². The molecule has 0 bridgehead atoms. The number of benzene rings is 1. The van der Waals surface area contributed by atoms with Gasteiger partial charge in [0.2, 0.25) is 0 Å². The van der Waals surface area contributed by atoms with E-state index in [-0.39, 0.29) is 5.91 Å². The van der Waals surface area contributed by atoms with Crippen molar-refractivity contribution < 1.29 is 4.79 Å². The summed E-state index contributed by atoms with van der Waals surface area (Å²) in [7, 11) is 0. The van der Waals surface area contributed by atoms with Crippen LogP contribution >= 0.6 is 23.2 Å². The van der Waals surface area contributed by atoms with Gasteiger partial charge in [0, 0.05) is 18.7 Å². The number of halogens is 2. The normalized spacial score (nSPS) is 10.1. The molecule has 0 aromatic heterocycles. The van der Waals surface area contributed by atoms with Gasteiger partial charge in [-0.1, -0.05) is 35.4 Å². The number of nitrogens with zero attached hydrogens (tertiary/aromatic N) is 1. The molecular weight excluding hydrogens is 257 g/mol. The van der Waals surface area contributed by atoms with Crippen LogP contribution in [0.2, 0.25) is 10.0 Å². The Labute approximate surface area is 112 Å². The number of hydrogen-bond acceptors (Lipinski definition) is 1. The standard InChI is InChI=1S/C13H15Cl2NO/c1-4-16(8-9(2)3)13(17)10-5-6-11(14)12(15)7-10/h5-7H,2,4,8H2,1,3H3. The second kappa shape index (κ2) is 6.08. The van der Waals surface area contributed by atoms with Crippen LogP contribution in [0.5, 0.6) is 0 Å². The van der Waals surface area contributed by atoms with E-state index in [0.717, 1.165) is 5.57 Å². The van der Waals surface area contributed by atoms with E-state index in [2.05, 4.69) is 6.58 Å². The summed E-state index contributed by atoms with van der Waals surface area (Å²) in [4.78, 5) is 13.9. The molecule has 1 aromatic rings. The molecule has 0 saturated heterocycles. The lowest BCUT2D eigenvalue weighted by molar-refractivity contribution is 0.0778. The minimum atomic E-state index is -0.0610. The molecule has 1 aromatic carbocycles. The molecule has 1 rings (SSSR count). The van der Waals surface area contributed by atoms with Gasteiger partial charge < -0.3 is 4.90 Å². The fourth-order valence-corrected chi connectivity index (χ4v) is 1.76. The van der Waals surface area contributed by atoms with Crippen LogP contribution in [-0.2, 0) is 0 Å². The van der Waals surface area contributed by atoms with E-state index >= 15 is 0 Å². The summed E-state index contributed by atoms with van der Waals surface area (Å²) in [5, 5.41) is 0.843. The summed E-state index contributed by atoms with van der Waals surface area (Å²) in [5.74, 6) is -0.0610. The van der Waals surface area contributed by atoms with Crippen molar-refractivity contribution >= 4 is 29.1 Å². The summed E-state index contributed by atoms with van der Waals surface area (Å²) >= 11 is 11.7. The van der Waals surface area contributed by atoms with E-state index in [0.29, 0.717) is 28.7 Å². The fourth-order valence-electron chi connectivity index (χ4n) is 1.46. The monoisotopic (exact) mass is 271 g/mol. The second-order valence-corrected chi connectivity index (χ2v) is 4.72. The molecule has 0 saturated carbocycles. The lowest BCUT2D eigenvalue weighted by Gasteiger charge is -2.21. The van der Waals surface area contributed by atoms with E-state index in [9.17, 15) is 4.79 Å². The molecule has 0 heterocycles. The predicted molar refractivity (Wildman–Crippen MR) is 72.9 cm³/mol. The summed E-state index contributed by atoms with van der Waals surface area (Å²) in [6, 6.07) is 4.90. The number of amides is 1. The van der Waals surface area contributed by atoms with Gasteiger partial charge in [0.05, 0.1) is 10.0 Å². The molecule has 0 aliphatic rings. The molecule has 0 atom stereocenters. The number of hydrogen-bond donors (Lipinski definition) is 0. The SMILES string of the molecule is C=C(C)CN(CC)C(=O)c1ccc(Cl)c(Cl)c1. The number of carbonyl (C=O) groups is 1. The van der Waals surface area contributed by atoms with Crippen molar-refractivity contribution in [3.05, 3.63) is 46.0 Å². The molecule has 92 valence electrons. The first-order valence-corrected chi connectivity index (χ1v) is 6.10. The smallest absolute Gasteiger partial charge is 0.254 e. The van der Waals surface area contributed by atoms with E-state index in [1.807, 2.05) is 13.8 Å². The molecule has 0 aliphatic carbocycles. The highest BCUT2D eigenvalue weighted by atomic mass is 35.5. The zero-order valence-electron chi connectivity index (χ0n) is 9.96. The van der Waals surface area contributed by atoms with Crippen molar-refractivity contribution in [1.82, 2.24) is 4.90 Å². The summed E-state index contributed by atoms with van der Waals surface area (Å²) < 4.78 is 0. The Morgan fingerprint density at radius 3 is 2.47 bits per heavy atom. The molecule has 0 fully saturated rings. The first-order chi connectivity index (χ1) is 7.95. The Hall–Kier alpha value is -0.990. The maximum atomic E-state index is 12.2. The van der Waals surface area contributed by atoms with Crippen LogP contribution in [0.25, 0.3) is 0 Å². The zero-order valence-corrected chi connectivity index (χ0v) is 11.5. The highest BCUT2D eigenvalue weighted by molar-refractivity contribution is 6.42. The average Bonchev–Trinajstić information content (AvgIpc) is 2.28. The molecule has 0 spiro atoms. The zero-order chi connectivity index (χ0) is 13.0. The molecule has 1 amide bonds. The topological polar surface area (TPSA) is 20.3 Å². The van der Waals surface area contributed by atoms with E-state index in [1.165, 1.54) is 0 Å². The Morgan fingerprint density at radius 2 is 2.00 bits per heavy atom. The van der Waals surface area contributed by atoms with Gasteiger partial charge in [0.25, 0.3) is 5.91 Å². The summed E-state index contributed by atoms with van der Waals surface area (Å²) in [6.07, 6.45) is 0. The number of likely N-dealkylation sites (N-methyl/N-ethyl adjacent to an activating group) is 1. The molecule has 2 nitrogen and oxygen atoms in total. The first kappa shape index (κ1) is 14.1. The maximum absolute atomic E-state index is 12.2. The van der Waals surface area contributed by atoms with Gasteiger partial charge in [-0.15, -0.1) is 0 Å². The van der Waals surface area contributed by atoms with Crippen LogP contribution < -0.4 is 0 Å². The Bertz CT molecular complexity index is 443. The molecule has 0 N–H and O–H groups in total. The van der Waals surface area contributed by atoms with Crippen LogP contribution in [0.15, 0.2) is 30.4 Å². The Morgan fingerprint density at radius 1 is 1.35 bits per heavy atom. The Kier molecular flexibility index (Phi) is 5.03. The van der Waals surface area contributed by atoms with Gasteiger partial charge in [-0.05, 0) is 32.0 Å². The molecule has 17 heavy (non-hydrogen) atoms. The quantitative estimate of drug-likeness (QED) is 0.758. The highest BCUT2D eigenvalue weighted by Gasteiger charge is 2.14. The van der Waals surface area contributed by atoms with Crippen LogP contribution in [0.4, 0.5) is 0 Å². The highest BCUT2D eigenvalue weighted by Crippen LogP contribution is 2.23. The third kappa shape index (κ3) is 3.76. The van der Waals surface area contributed by atoms with Crippen molar-refractivity contribution in [1.29, 1.82) is 0 Å². The predicted octanol–water partition coefficient (Wildman–Crippen LogP) is 4.03. The van der Waals surface area contributed by atoms with E-state index in [1.54, 1.807) is 23.1 Å². The largest absolute Gasteiger partial charge is 0.335 e. The summed E-state index contributed by atoms with van der Waals surface area (Å²) in [5.41, 5.74) is 1.49. The summed E-state index contributed by atoms with van der Waals surface area (Å²) in [6.45, 7) is 8.81. The lowest BCUT2D eigenvalue weighted by atomic mass is 10.2. The average molecular weight is 272 g/mol. The van der Waals surface area contributed by atoms with Gasteiger partial charge in [-0.2, -0.15) is 0 Å². The molecular formula is C13H15Cl2NO. The minimum Gasteiger partial charge on any atom is -0.335 e. The van der Waals surface area contributed by atoms with Gasteiger partial charge in [0.1, 0.15) is 0 Å². The molecule has 0 radical (unpaired) electrons. The van der Waals surface area contributed by atoms with E-state index < -0.39 is 0 Å². The molecule has 4 heteroatoms. The minimum absolute atomic E-state index is 0.0610. The Balaban J connectivity index is 2.93. The number of carbonyl (C=O) groups excluding carboxylic acids is 1. The van der Waals surface area contributed by atoms with Crippen LogP contribution in [0.3, 0.4) is 0 Å². The third-order valence-electron chi connectivity index (χ3n) is 2.30. The van der Waals surface area contributed by atoms with Gasteiger partial charge in [-0.3, -0.25) is 4.79 Å². The van der Waals surface area contributed by atoms with Gasteiger partial charge in [-0.25, -0.2) is 0 Å². The lowest BCUT2D eigenvalue weighted by Crippen LogP contribution is -2.32. The van der Waals surface area contributed by atoms with Crippen LogP contribution in [0.1, 0.15) is 24.2 Å². The van der Waals surface area contributed by atoms with Crippen molar-refractivity contribution in [2.75, 3.05) is 13.1 Å². The van der Waals surface area contributed by atoms with Crippen molar-refractivity contribution in [3.63, 3.8) is 0 Å². The number of rotatable bonds is 4. The van der Waals surface area contributed by atoms with Crippen LogP contribution in [-0.4, -0.2) is 23.9 Å². The second-order valence-electron chi connectivity index (χ2n) is 3.91. The van der Waals surface area contributed by atoms with Crippen molar-refractivity contribution in [3.8, 4) is 0 Å². The molecule has 0 unspecified atom stereocenters. The van der Waals surface area contributed by atoms with Crippen LogP contribution in [0, 0.1) is 0 Å². The molecule has 0 aliphatic heterocycles. The van der Waals surface area contributed by atoms with Gasteiger partial charge in [0.15, 0.2) is 0 Å². The van der Waals surface area contributed by atoms with Crippen molar-refractivity contribution in [2.24, 2.45) is 0 Å². The van der Waals surface area contributed by atoms with E-state index in [4.69, 9.17) is 23.2 Å². The van der Waals surface area contributed by atoms with Crippen molar-refractivity contribution in [2.45, 2.75) is 13.8 Å². The fraction of sp³-hybridized carbons (Fsp3) is 0.308. The third-order valence-corrected chi connectivity index (χ3v) is 3.04.